The summed E-state index contributed by atoms with van der Waals surface area (Å²) in [5.74, 6) is -0.288. The van der Waals surface area contributed by atoms with Crippen molar-refractivity contribution in [3.63, 3.8) is 0 Å². The van der Waals surface area contributed by atoms with Crippen molar-refractivity contribution in [2.24, 2.45) is 0 Å². The number of benzene rings is 2. The fourth-order valence-electron chi connectivity index (χ4n) is 1.45. The smallest absolute Gasteiger partial charge is 1.00 e. The first-order valence-electron chi connectivity index (χ1n) is 5.56. The van der Waals surface area contributed by atoms with Crippen molar-refractivity contribution in [2.45, 2.75) is 0 Å². The Morgan fingerprint density at radius 3 is 2.00 bits per heavy atom. The Hall–Kier alpha value is -1.14. The zero-order valence-corrected chi connectivity index (χ0v) is 14.1. The summed E-state index contributed by atoms with van der Waals surface area (Å²) in [5, 5.41) is 0. The van der Waals surface area contributed by atoms with Crippen LogP contribution >= 0.6 is 7.82 Å². The van der Waals surface area contributed by atoms with Gasteiger partial charge in [-0.2, -0.15) is 0 Å². The molecule has 6 nitrogen and oxygen atoms in total. The van der Waals surface area contributed by atoms with Crippen molar-refractivity contribution in [2.75, 3.05) is 0 Å². The molecule has 0 saturated heterocycles. The first-order valence-corrected chi connectivity index (χ1v) is 7.09. The molecule has 0 heterocycles. The molecule has 106 valence electrons. The van der Waals surface area contributed by atoms with E-state index in [1.165, 1.54) is 24.3 Å². The predicted molar refractivity (Wildman–Crippen MR) is 71.6 cm³/mol. The average Bonchev–Trinajstić information content (AvgIpc) is 2.40. The molecule has 0 spiro atoms. The van der Waals surface area contributed by atoms with Crippen molar-refractivity contribution in [3.05, 3.63) is 60.2 Å². The predicted octanol–water partition coefficient (Wildman–Crippen LogP) is -0.506. The number of rotatable bonds is 4. The summed E-state index contributed by atoms with van der Waals surface area (Å²) in [5.41, 5.74) is 0.406. The molecule has 0 saturated carbocycles. The van der Waals surface area contributed by atoms with Gasteiger partial charge in [-0.05, 0) is 36.4 Å². The minimum Gasteiger partial charge on any atom is -1.00 e. The van der Waals surface area contributed by atoms with Crippen LogP contribution < -0.4 is 38.8 Å². The van der Waals surface area contributed by atoms with Crippen LogP contribution in [0.2, 0.25) is 0 Å². The molecule has 0 fully saturated rings. The van der Waals surface area contributed by atoms with Crippen molar-refractivity contribution < 1.29 is 59.4 Å². The SMILES string of the molecule is O=C(Oc1ccc(OP(=O)(O)O)cc1)c1ccccc1.[H-].[Na+]. The Balaban J connectivity index is 0.00000220. The fraction of sp³-hybridized carbons (Fsp3) is 0. The number of hydrogen-bond donors (Lipinski definition) is 2. The normalized spacial score (nSPS) is 10.4. The summed E-state index contributed by atoms with van der Waals surface area (Å²) in [7, 11) is -4.59. The van der Waals surface area contributed by atoms with Gasteiger partial charge in [-0.25, -0.2) is 9.36 Å². The number of carbonyl (C=O) groups excluding carboxylic acids is 1. The molecule has 2 aromatic rings. The second kappa shape index (κ2) is 7.75. The third-order valence-electron chi connectivity index (χ3n) is 2.27. The topological polar surface area (TPSA) is 93.1 Å². The summed E-state index contributed by atoms with van der Waals surface area (Å²) >= 11 is 0. The van der Waals surface area contributed by atoms with E-state index in [0.717, 1.165) is 0 Å². The van der Waals surface area contributed by atoms with E-state index in [2.05, 4.69) is 4.52 Å². The number of hydrogen-bond acceptors (Lipinski definition) is 4. The van der Waals surface area contributed by atoms with Crippen LogP contribution in [0.3, 0.4) is 0 Å². The molecule has 2 N–H and O–H groups in total. The summed E-state index contributed by atoms with van der Waals surface area (Å²) in [6.45, 7) is 0. The van der Waals surface area contributed by atoms with Crippen LogP contribution in [0, 0.1) is 0 Å². The number of carbonyl (C=O) groups is 1. The van der Waals surface area contributed by atoms with Crippen LogP contribution in [0.25, 0.3) is 0 Å². The van der Waals surface area contributed by atoms with E-state index in [9.17, 15) is 9.36 Å². The Kier molecular flexibility index (Phi) is 6.61. The zero-order valence-electron chi connectivity index (χ0n) is 12.2. The molecule has 0 unspecified atom stereocenters. The molecule has 0 radical (unpaired) electrons. The van der Waals surface area contributed by atoms with Crippen LogP contribution in [0.4, 0.5) is 0 Å². The Bertz CT molecular complexity index is 643. The molecule has 2 aromatic carbocycles. The van der Waals surface area contributed by atoms with E-state index in [1.54, 1.807) is 30.3 Å². The van der Waals surface area contributed by atoms with Crippen LogP contribution in [0.5, 0.6) is 11.5 Å². The van der Waals surface area contributed by atoms with Crippen LogP contribution in [-0.2, 0) is 4.57 Å². The Morgan fingerprint density at radius 2 is 1.48 bits per heavy atom. The van der Waals surface area contributed by atoms with Crippen molar-refractivity contribution in [1.82, 2.24) is 0 Å². The van der Waals surface area contributed by atoms with Crippen molar-refractivity contribution in [3.8, 4) is 11.5 Å². The molecule has 21 heavy (non-hydrogen) atoms. The average molecular weight is 318 g/mol. The monoisotopic (exact) mass is 318 g/mol. The standard InChI is InChI=1S/C13H11O6P.Na.H/c14-13(10-4-2-1-3-5-10)18-11-6-8-12(9-7-11)19-20(15,16)17;;/h1-9H,(H2,15,16,17);;/q;+1;-1. The molecule has 0 aliphatic heterocycles. The van der Waals surface area contributed by atoms with Gasteiger partial charge in [-0.1, -0.05) is 18.2 Å². The van der Waals surface area contributed by atoms with Gasteiger partial charge >= 0.3 is 43.3 Å². The number of phosphoric acid groups is 1. The van der Waals surface area contributed by atoms with Gasteiger partial charge in [0, 0.05) is 0 Å². The quantitative estimate of drug-likeness (QED) is 0.341. The molecule has 0 atom stereocenters. The molecule has 0 amide bonds. The third-order valence-corrected chi connectivity index (χ3v) is 2.72. The van der Waals surface area contributed by atoms with Gasteiger partial charge in [-0.3, -0.25) is 9.79 Å². The molecule has 8 heteroatoms. The summed E-state index contributed by atoms with van der Waals surface area (Å²) in [4.78, 5) is 29.0. The third kappa shape index (κ3) is 6.01. The minimum atomic E-state index is -4.59. The fourth-order valence-corrected chi connectivity index (χ4v) is 1.84. The summed E-state index contributed by atoms with van der Waals surface area (Å²) < 4.78 is 20.1. The van der Waals surface area contributed by atoms with E-state index >= 15 is 0 Å². The Labute approximate surface area is 144 Å². The molecular formula is C13H12NaO6P. The molecule has 0 aliphatic carbocycles. The maximum atomic E-state index is 11.7. The molecule has 0 aliphatic rings. The summed E-state index contributed by atoms with van der Waals surface area (Å²) in [6, 6.07) is 13.8. The molecule has 2 rings (SSSR count). The van der Waals surface area contributed by atoms with Gasteiger partial charge in [0.1, 0.15) is 11.5 Å². The molecule has 0 bridgehead atoms. The number of esters is 1. The second-order valence-electron chi connectivity index (χ2n) is 3.81. The molecule has 0 aromatic heterocycles. The first kappa shape index (κ1) is 17.9. The van der Waals surface area contributed by atoms with Gasteiger partial charge in [0.2, 0.25) is 0 Å². The van der Waals surface area contributed by atoms with E-state index in [4.69, 9.17) is 14.5 Å². The van der Waals surface area contributed by atoms with E-state index in [0.29, 0.717) is 5.56 Å². The van der Waals surface area contributed by atoms with Gasteiger partial charge in [0.15, 0.2) is 0 Å². The van der Waals surface area contributed by atoms with Gasteiger partial charge in [0.25, 0.3) is 0 Å². The maximum absolute atomic E-state index is 11.7. The second-order valence-corrected chi connectivity index (χ2v) is 4.97. The number of ether oxygens (including phenoxy) is 1. The van der Waals surface area contributed by atoms with E-state index in [1.807, 2.05) is 0 Å². The largest absolute Gasteiger partial charge is 1.00 e. The van der Waals surface area contributed by atoms with Gasteiger partial charge in [-0.15, -0.1) is 0 Å². The summed E-state index contributed by atoms with van der Waals surface area (Å²) in [6.07, 6.45) is 0. The molecular weight excluding hydrogens is 306 g/mol. The zero-order chi connectivity index (χ0) is 14.6. The number of phosphoric ester groups is 1. The van der Waals surface area contributed by atoms with Gasteiger partial charge < -0.3 is 10.7 Å². The first-order chi connectivity index (χ1) is 9.44. The van der Waals surface area contributed by atoms with Gasteiger partial charge in [0.05, 0.1) is 5.56 Å². The van der Waals surface area contributed by atoms with Crippen molar-refractivity contribution >= 4 is 13.8 Å². The maximum Gasteiger partial charge on any atom is 1.00 e. The van der Waals surface area contributed by atoms with Crippen LogP contribution in [0.1, 0.15) is 11.8 Å². The van der Waals surface area contributed by atoms with E-state index < -0.39 is 13.8 Å². The van der Waals surface area contributed by atoms with Crippen molar-refractivity contribution in [1.29, 1.82) is 0 Å². The van der Waals surface area contributed by atoms with Crippen LogP contribution in [0.15, 0.2) is 54.6 Å². The van der Waals surface area contributed by atoms with E-state index in [-0.39, 0.29) is 42.5 Å². The Morgan fingerprint density at radius 1 is 0.952 bits per heavy atom. The minimum absolute atomic E-state index is 0. The van der Waals surface area contributed by atoms with Crippen LogP contribution in [-0.4, -0.2) is 15.8 Å².